The van der Waals surface area contributed by atoms with Crippen LogP contribution in [0, 0.1) is 0 Å². The highest BCUT2D eigenvalue weighted by molar-refractivity contribution is 9.10. The van der Waals surface area contributed by atoms with Crippen molar-refractivity contribution >= 4 is 28.0 Å². The lowest BCUT2D eigenvalue weighted by Gasteiger charge is -2.41. The molecule has 1 aliphatic carbocycles. The van der Waals surface area contributed by atoms with E-state index in [2.05, 4.69) is 15.9 Å². The molecule has 0 radical (unpaired) electrons. The lowest BCUT2D eigenvalue weighted by molar-refractivity contribution is -0.150. The van der Waals surface area contributed by atoms with Crippen molar-refractivity contribution in [3.05, 3.63) is 34.3 Å². The third kappa shape index (κ3) is 4.94. The molecule has 1 atom stereocenters. The molecular weight excluding hydrogens is 438 g/mol. The maximum absolute atomic E-state index is 13.2. The molecule has 1 aliphatic heterocycles. The summed E-state index contributed by atoms with van der Waals surface area (Å²) in [5.41, 5.74) is -0.975. The Bertz CT molecular complexity index is 769. The number of nitrogens with zero attached hydrogens (tertiary/aromatic N) is 1. The monoisotopic (exact) mass is 467 g/mol. The van der Waals surface area contributed by atoms with Crippen LogP contribution < -0.4 is 0 Å². The molecule has 1 N–H and O–H groups in total. The van der Waals surface area contributed by atoms with Gasteiger partial charge in [-0.25, -0.2) is 9.59 Å². The van der Waals surface area contributed by atoms with Crippen LogP contribution in [0.25, 0.3) is 0 Å². The van der Waals surface area contributed by atoms with E-state index in [4.69, 9.17) is 9.47 Å². The van der Waals surface area contributed by atoms with E-state index < -0.39 is 23.8 Å². The zero-order chi connectivity index (χ0) is 21.3. The SMILES string of the molecule is CC(C)(C)OC(=O)N1CC(OCC(=O)O)(c2cccc(Br)c2)CC12CCCCC2. The second kappa shape index (κ2) is 8.26. The molecule has 1 spiro atoms. The first-order valence-electron chi connectivity index (χ1n) is 10.2. The van der Waals surface area contributed by atoms with Crippen molar-refractivity contribution in [3.8, 4) is 0 Å². The standard InChI is InChI=1S/C22H30BrNO5/c1-20(2,3)29-19(27)24-15-22(28-13-18(25)26,16-8-7-9-17(23)12-16)14-21(24)10-5-4-6-11-21/h7-9,12H,4-6,10-11,13-15H2,1-3H3,(H,25,26). The minimum atomic E-state index is -1.02. The number of hydrogen-bond acceptors (Lipinski definition) is 4. The number of amides is 1. The fourth-order valence-electron chi connectivity index (χ4n) is 4.68. The number of aliphatic carboxylic acids is 1. The molecule has 2 fully saturated rings. The maximum atomic E-state index is 13.2. The van der Waals surface area contributed by atoms with Gasteiger partial charge in [-0.15, -0.1) is 0 Å². The first-order chi connectivity index (χ1) is 13.6. The van der Waals surface area contributed by atoms with Crippen molar-refractivity contribution in [1.29, 1.82) is 0 Å². The van der Waals surface area contributed by atoms with Gasteiger partial charge >= 0.3 is 12.1 Å². The number of rotatable bonds is 4. The third-order valence-electron chi connectivity index (χ3n) is 5.82. The summed E-state index contributed by atoms with van der Waals surface area (Å²) in [7, 11) is 0. The van der Waals surface area contributed by atoms with E-state index in [0.29, 0.717) is 6.42 Å². The van der Waals surface area contributed by atoms with Gasteiger partial charge in [-0.05, 0) is 51.3 Å². The predicted octanol–water partition coefficient (Wildman–Crippen LogP) is 5.09. The number of likely N-dealkylation sites (tertiary alicyclic amines) is 1. The molecule has 160 valence electrons. The summed E-state index contributed by atoms with van der Waals surface area (Å²) in [4.78, 5) is 26.3. The minimum Gasteiger partial charge on any atom is -0.480 e. The van der Waals surface area contributed by atoms with Crippen molar-refractivity contribution in [2.45, 2.75) is 76.0 Å². The summed E-state index contributed by atoms with van der Waals surface area (Å²) >= 11 is 3.51. The van der Waals surface area contributed by atoms with E-state index in [1.54, 1.807) is 0 Å². The topological polar surface area (TPSA) is 76.1 Å². The highest BCUT2D eigenvalue weighted by Gasteiger charge is 2.57. The summed E-state index contributed by atoms with van der Waals surface area (Å²) in [6, 6.07) is 7.74. The molecule has 0 aromatic heterocycles. The van der Waals surface area contributed by atoms with E-state index in [9.17, 15) is 14.7 Å². The molecule has 3 rings (SSSR count). The van der Waals surface area contributed by atoms with Crippen LogP contribution in [0.4, 0.5) is 4.79 Å². The van der Waals surface area contributed by atoms with E-state index >= 15 is 0 Å². The fourth-order valence-corrected chi connectivity index (χ4v) is 5.08. The molecule has 1 amide bonds. The Morgan fingerprint density at radius 2 is 1.90 bits per heavy atom. The molecule has 2 aliphatic rings. The number of carbonyl (C=O) groups excluding carboxylic acids is 1. The van der Waals surface area contributed by atoms with Gasteiger partial charge in [0, 0.05) is 16.4 Å². The average molecular weight is 468 g/mol. The first kappa shape index (κ1) is 22.1. The summed E-state index contributed by atoms with van der Waals surface area (Å²) in [6.45, 7) is 5.45. The second-order valence-corrected chi connectivity index (χ2v) is 10.1. The normalized spacial score (nSPS) is 23.9. The lowest BCUT2D eigenvalue weighted by Crippen LogP contribution is -2.50. The van der Waals surface area contributed by atoms with Crippen LogP contribution in [-0.2, 0) is 19.9 Å². The Kier molecular flexibility index (Phi) is 6.30. The second-order valence-electron chi connectivity index (χ2n) is 9.22. The first-order valence-corrected chi connectivity index (χ1v) is 11.0. The Balaban J connectivity index is 2.02. The number of carboxylic acid groups (broad SMARTS) is 1. The molecule has 6 nitrogen and oxygen atoms in total. The van der Waals surface area contributed by atoms with Crippen LogP contribution in [0.15, 0.2) is 28.7 Å². The Morgan fingerprint density at radius 1 is 1.21 bits per heavy atom. The molecular formula is C22H30BrNO5. The van der Waals surface area contributed by atoms with E-state index in [-0.39, 0.29) is 18.2 Å². The van der Waals surface area contributed by atoms with Gasteiger partial charge in [0.15, 0.2) is 0 Å². The zero-order valence-corrected chi connectivity index (χ0v) is 19.0. The molecule has 1 aromatic rings. The van der Waals surface area contributed by atoms with Crippen molar-refractivity contribution in [3.63, 3.8) is 0 Å². The largest absolute Gasteiger partial charge is 0.480 e. The summed E-state index contributed by atoms with van der Waals surface area (Å²) in [5.74, 6) is -1.02. The number of carboxylic acids is 1. The number of carbonyl (C=O) groups is 2. The quantitative estimate of drug-likeness (QED) is 0.666. The van der Waals surface area contributed by atoms with Crippen LogP contribution >= 0.6 is 15.9 Å². The van der Waals surface area contributed by atoms with Crippen LogP contribution in [0.5, 0.6) is 0 Å². The minimum absolute atomic E-state index is 0.283. The number of hydrogen-bond donors (Lipinski definition) is 1. The summed E-state index contributed by atoms with van der Waals surface area (Å²) < 4.78 is 12.7. The van der Waals surface area contributed by atoms with Crippen molar-refractivity contribution in [2.24, 2.45) is 0 Å². The number of ether oxygens (including phenoxy) is 2. The molecule has 1 aromatic carbocycles. The van der Waals surface area contributed by atoms with Gasteiger partial charge in [0.25, 0.3) is 0 Å². The van der Waals surface area contributed by atoms with Gasteiger partial charge in [-0.2, -0.15) is 0 Å². The smallest absolute Gasteiger partial charge is 0.410 e. The van der Waals surface area contributed by atoms with Crippen molar-refractivity contribution < 1.29 is 24.2 Å². The zero-order valence-electron chi connectivity index (χ0n) is 17.4. The Hall–Kier alpha value is -1.60. The molecule has 1 saturated carbocycles. The van der Waals surface area contributed by atoms with Crippen molar-refractivity contribution in [2.75, 3.05) is 13.2 Å². The van der Waals surface area contributed by atoms with E-state index in [1.165, 1.54) is 0 Å². The van der Waals surface area contributed by atoms with Crippen LogP contribution in [0.3, 0.4) is 0 Å². The molecule has 1 unspecified atom stereocenters. The average Bonchev–Trinajstić information content (AvgIpc) is 2.94. The van der Waals surface area contributed by atoms with Crippen LogP contribution in [0.1, 0.15) is 64.9 Å². The van der Waals surface area contributed by atoms with Gasteiger partial charge in [0.05, 0.1) is 6.54 Å². The number of halogens is 1. The highest BCUT2D eigenvalue weighted by Crippen LogP contribution is 2.51. The summed E-state index contributed by atoms with van der Waals surface area (Å²) in [5, 5.41) is 9.28. The van der Waals surface area contributed by atoms with Crippen LogP contribution in [-0.4, -0.2) is 46.4 Å². The lowest BCUT2D eigenvalue weighted by atomic mass is 9.76. The van der Waals surface area contributed by atoms with Gasteiger partial charge < -0.3 is 14.6 Å². The van der Waals surface area contributed by atoms with E-state index in [1.807, 2.05) is 49.9 Å². The Morgan fingerprint density at radius 3 is 2.48 bits per heavy atom. The molecule has 29 heavy (non-hydrogen) atoms. The fraction of sp³-hybridized carbons (Fsp3) is 0.636. The number of benzene rings is 1. The molecule has 1 heterocycles. The third-order valence-corrected chi connectivity index (χ3v) is 6.31. The van der Waals surface area contributed by atoms with Gasteiger partial charge in [-0.3, -0.25) is 4.90 Å². The predicted molar refractivity (Wildman–Crippen MR) is 113 cm³/mol. The van der Waals surface area contributed by atoms with Gasteiger partial charge in [0.1, 0.15) is 17.8 Å². The highest BCUT2D eigenvalue weighted by atomic mass is 79.9. The maximum Gasteiger partial charge on any atom is 0.410 e. The summed E-state index contributed by atoms with van der Waals surface area (Å²) in [6.07, 6.45) is 5.18. The van der Waals surface area contributed by atoms with Gasteiger partial charge in [0.2, 0.25) is 0 Å². The van der Waals surface area contributed by atoms with Gasteiger partial charge in [-0.1, -0.05) is 47.3 Å². The Labute approximate surface area is 180 Å². The molecule has 1 saturated heterocycles. The van der Waals surface area contributed by atoms with Crippen LogP contribution in [0.2, 0.25) is 0 Å². The van der Waals surface area contributed by atoms with Crippen molar-refractivity contribution in [1.82, 2.24) is 4.90 Å². The van der Waals surface area contributed by atoms with E-state index in [0.717, 1.165) is 42.1 Å². The molecule has 7 heteroatoms. The molecule has 0 bridgehead atoms.